The quantitative estimate of drug-likeness (QED) is 0.918. The molecule has 2 amide bonds. The SMILES string of the molecule is Cc1nn(CCNC(=O)N2CC(N3CCCC[C@H]3C)C2)c(C)c1C. The Labute approximate surface area is 145 Å². The minimum atomic E-state index is 0.0640. The number of urea groups is 1. The normalized spacial score (nSPS) is 22.5. The molecule has 2 aliphatic rings. The largest absolute Gasteiger partial charge is 0.336 e. The molecule has 24 heavy (non-hydrogen) atoms. The van der Waals surface area contributed by atoms with Gasteiger partial charge in [0.05, 0.1) is 12.2 Å². The van der Waals surface area contributed by atoms with Gasteiger partial charge in [0.15, 0.2) is 0 Å². The molecule has 0 radical (unpaired) electrons. The summed E-state index contributed by atoms with van der Waals surface area (Å²) in [5.74, 6) is 0. The highest BCUT2D eigenvalue weighted by Crippen LogP contribution is 2.24. The van der Waals surface area contributed by atoms with Crippen molar-refractivity contribution >= 4 is 6.03 Å². The molecular formula is C18H31N5O. The van der Waals surface area contributed by atoms with E-state index in [9.17, 15) is 4.79 Å². The molecule has 1 aromatic heterocycles. The van der Waals surface area contributed by atoms with Crippen LogP contribution in [0.4, 0.5) is 4.79 Å². The molecule has 6 heteroatoms. The minimum Gasteiger partial charge on any atom is -0.336 e. The zero-order chi connectivity index (χ0) is 17.3. The fraction of sp³-hybridized carbons (Fsp3) is 0.778. The molecule has 0 bridgehead atoms. The van der Waals surface area contributed by atoms with E-state index in [1.807, 2.05) is 16.5 Å². The van der Waals surface area contributed by atoms with Gasteiger partial charge in [0, 0.05) is 37.4 Å². The molecule has 3 heterocycles. The Morgan fingerprint density at radius 2 is 2.00 bits per heavy atom. The van der Waals surface area contributed by atoms with Gasteiger partial charge in [-0.2, -0.15) is 5.10 Å². The Balaban J connectivity index is 1.40. The second-order valence-electron chi connectivity index (χ2n) is 7.39. The maximum absolute atomic E-state index is 12.2. The fourth-order valence-corrected chi connectivity index (χ4v) is 3.88. The number of likely N-dealkylation sites (tertiary alicyclic amines) is 2. The van der Waals surface area contributed by atoms with Crippen LogP contribution in [0.25, 0.3) is 0 Å². The van der Waals surface area contributed by atoms with E-state index in [2.05, 4.69) is 36.1 Å². The summed E-state index contributed by atoms with van der Waals surface area (Å²) in [6.07, 6.45) is 3.94. The highest BCUT2D eigenvalue weighted by Gasteiger charge is 2.37. The Bertz CT molecular complexity index is 590. The summed E-state index contributed by atoms with van der Waals surface area (Å²) in [6.45, 7) is 12.8. The van der Waals surface area contributed by atoms with Crippen molar-refractivity contribution in [1.29, 1.82) is 0 Å². The van der Waals surface area contributed by atoms with Crippen LogP contribution >= 0.6 is 0 Å². The number of aryl methyl sites for hydroxylation is 1. The lowest BCUT2D eigenvalue weighted by Gasteiger charge is -2.49. The van der Waals surface area contributed by atoms with E-state index in [0.717, 1.165) is 25.3 Å². The Morgan fingerprint density at radius 1 is 1.25 bits per heavy atom. The van der Waals surface area contributed by atoms with Crippen LogP contribution in [0.15, 0.2) is 0 Å². The van der Waals surface area contributed by atoms with Crippen molar-refractivity contribution in [3.05, 3.63) is 17.0 Å². The van der Waals surface area contributed by atoms with Gasteiger partial charge in [-0.05, 0) is 52.6 Å². The number of nitrogens with one attached hydrogen (secondary N) is 1. The third kappa shape index (κ3) is 3.43. The Morgan fingerprint density at radius 3 is 2.62 bits per heavy atom. The molecule has 2 saturated heterocycles. The van der Waals surface area contributed by atoms with Gasteiger partial charge in [0.2, 0.25) is 0 Å². The predicted octanol–water partition coefficient (Wildman–Crippen LogP) is 2.08. The molecule has 0 unspecified atom stereocenters. The summed E-state index contributed by atoms with van der Waals surface area (Å²) in [5.41, 5.74) is 3.49. The molecule has 0 aromatic carbocycles. The number of rotatable bonds is 4. The maximum Gasteiger partial charge on any atom is 0.317 e. The number of amides is 2. The van der Waals surface area contributed by atoms with E-state index in [0.29, 0.717) is 18.6 Å². The molecule has 0 spiro atoms. The number of carbonyl (C=O) groups excluding carboxylic acids is 1. The predicted molar refractivity (Wildman–Crippen MR) is 95.2 cm³/mol. The monoisotopic (exact) mass is 333 g/mol. The van der Waals surface area contributed by atoms with Gasteiger partial charge in [-0.1, -0.05) is 6.42 Å². The summed E-state index contributed by atoms with van der Waals surface area (Å²) in [6, 6.07) is 1.29. The lowest BCUT2D eigenvalue weighted by Crippen LogP contribution is -2.65. The number of hydrogen-bond acceptors (Lipinski definition) is 3. The Kier molecular flexibility index (Phi) is 5.13. The molecule has 0 saturated carbocycles. The second kappa shape index (κ2) is 7.13. The number of carbonyl (C=O) groups is 1. The van der Waals surface area contributed by atoms with Crippen molar-refractivity contribution in [1.82, 2.24) is 24.9 Å². The third-order valence-electron chi connectivity index (χ3n) is 5.82. The van der Waals surface area contributed by atoms with Crippen LogP contribution in [0.3, 0.4) is 0 Å². The first-order valence-electron chi connectivity index (χ1n) is 9.26. The van der Waals surface area contributed by atoms with Crippen LogP contribution in [0.1, 0.15) is 43.1 Å². The van der Waals surface area contributed by atoms with Crippen molar-refractivity contribution in [3.8, 4) is 0 Å². The van der Waals surface area contributed by atoms with Crippen molar-refractivity contribution < 1.29 is 4.79 Å². The van der Waals surface area contributed by atoms with Crippen molar-refractivity contribution in [2.45, 2.75) is 65.6 Å². The van der Waals surface area contributed by atoms with Crippen LogP contribution in [0.5, 0.6) is 0 Å². The van der Waals surface area contributed by atoms with E-state index in [4.69, 9.17) is 0 Å². The fourth-order valence-electron chi connectivity index (χ4n) is 3.88. The number of nitrogens with zero attached hydrogens (tertiary/aromatic N) is 4. The first-order chi connectivity index (χ1) is 11.5. The summed E-state index contributed by atoms with van der Waals surface area (Å²) >= 11 is 0. The standard InChI is InChI=1S/C18H31N5O/c1-13-7-5-6-9-22(13)17-11-21(12-17)18(24)19-8-10-23-16(4)14(2)15(3)20-23/h13,17H,5-12H2,1-4H3,(H,19,24)/t13-/m1/s1. The Hall–Kier alpha value is -1.56. The van der Waals surface area contributed by atoms with Crippen LogP contribution in [0, 0.1) is 20.8 Å². The molecule has 1 aromatic rings. The zero-order valence-electron chi connectivity index (χ0n) is 15.5. The van der Waals surface area contributed by atoms with Crippen molar-refractivity contribution in [2.24, 2.45) is 0 Å². The smallest absolute Gasteiger partial charge is 0.317 e. The molecule has 1 N–H and O–H groups in total. The minimum absolute atomic E-state index is 0.0640. The van der Waals surface area contributed by atoms with Gasteiger partial charge in [-0.3, -0.25) is 9.58 Å². The molecule has 6 nitrogen and oxygen atoms in total. The second-order valence-corrected chi connectivity index (χ2v) is 7.39. The van der Waals surface area contributed by atoms with E-state index >= 15 is 0 Å². The average molecular weight is 333 g/mol. The van der Waals surface area contributed by atoms with Crippen LogP contribution in [-0.2, 0) is 6.54 Å². The summed E-state index contributed by atoms with van der Waals surface area (Å²) in [7, 11) is 0. The lowest BCUT2D eigenvalue weighted by molar-refractivity contribution is 0.0169. The average Bonchev–Trinajstić information content (AvgIpc) is 2.75. The highest BCUT2D eigenvalue weighted by atomic mass is 16.2. The molecule has 134 valence electrons. The summed E-state index contributed by atoms with van der Waals surface area (Å²) in [4.78, 5) is 16.8. The van der Waals surface area contributed by atoms with Gasteiger partial charge in [-0.15, -0.1) is 0 Å². The summed E-state index contributed by atoms with van der Waals surface area (Å²) in [5, 5.41) is 7.54. The molecular weight excluding hydrogens is 302 g/mol. The van der Waals surface area contributed by atoms with Crippen LogP contribution < -0.4 is 5.32 Å². The molecule has 2 fully saturated rings. The molecule has 0 aliphatic carbocycles. The first kappa shape index (κ1) is 17.3. The summed E-state index contributed by atoms with van der Waals surface area (Å²) < 4.78 is 1.99. The molecule has 2 aliphatic heterocycles. The number of hydrogen-bond donors (Lipinski definition) is 1. The third-order valence-corrected chi connectivity index (χ3v) is 5.82. The number of aromatic nitrogens is 2. The lowest BCUT2D eigenvalue weighted by atomic mass is 9.98. The van der Waals surface area contributed by atoms with Gasteiger partial charge < -0.3 is 10.2 Å². The van der Waals surface area contributed by atoms with Gasteiger partial charge >= 0.3 is 6.03 Å². The maximum atomic E-state index is 12.2. The van der Waals surface area contributed by atoms with Crippen LogP contribution in [0.2, 0.25) is 0 Å². The van der Waals surface area contributed by atoms with Crippen molar-refractivity contribution in [2.75, 3.05) is 26.2 Å². The van der Waals surface area contributed by atoms with Gasteiger partial charge in [0.25, 0.3) is 0 Å². The van der Waals surface area contributed by atoms with E-state index in [1.165, 1.54) is 37.1 Å². The number of piperidine rings is 1. The highest BCUT2D eigenvalue weighted by molar-refractivity contribution is 5.75. The van der Waals surface area contributed by atoms with Crippen molar-refractivity contribution in [3.63, 3.8) is 0 Å². The molecule has 3 rings (SSSR count). The zero-order valence-corrected chi connectivity index (χ0v) is 15.5. The van der Waals surface area contributed by atoms with E-state index < -0.39 is 0 Å². The van der Waals surface area contributed by atoms with E-state index in [-0.39, 0.29) is 6.03 Å². The molecule has 1 atom stereocenters. The first-order valence-corrected chi connectivity index (χ1v) is 9.26. The van der Waals surface area contributed by atoms with E-state index in [1.54, 1.807) is 0 Å². The van der Waals surface area contributed by atoms with Crippen LogP contribution in [-0.4, -0.2) is 63.9 Å². The topological polar surface area (TPSA) is 53.4 Å². The van der Waals surface area contributed by atoms with Gasteiger partial charge in [-0.25, -0.2) is 4.79 Å². The van der Waals surface area contributed by atoms with Gasteiger partial charge in [0.1, 0.15) is 0 Å².